The first kappa shape index (κ1) is 9.81. The summed E-state index contributed by atoms with van der Waals surface area (Å²) in [7, 11) is 0. The summed E-state index contributed by atoms with van der Waals surface area (Å²) in [5.41, 5.74) is 0.517. The van der Waals surface area contributed by atoms with Gasteiger partial charge in [-0.1, -0.05) is 41.4 Å². The summed E-state index contributed by atoms with van der Waals surface area (Å²) < 4.78 is 4.19. The molecule has 0 N–H and O–H groups in total. The van der Waals surface area contributed by atoms with Gasteiger partial charge < -0.3 is 4.74 Å². The van der Waals surface area contributed by atoms with Crippen molar-refractivity contribution in [1.29, 1.82) is 0 Å². The molecule has 0 saturated heterocycles. The predicted octanol–water partition coefficient (Wildman–Crippen LogP) is 2.79. The Kier molecular flexibility index (Phi) is 2.41. The Morgan fingerprint density at radius 3 is 2.43 bits per heavy atom. The summed E-state index contributed by atoms with van der Waals surface area (Å²) in [5, 5.41) is 0. The largest absolute Gasteiger partial charge is 0.455 e. The molecule has 0 amide bonds. The Hall–Kier alpha value is -0.730. The summed E-state index contributed by atoms with van der Waals surface area (Å²) in [6.45, 7) is 0. The van der Waals surface area contributed by atoms with E-state index in [0.29, 0.717) is 12.0 Å². The molecule has 14 heavy (non-hydrogen) atoms. The van der Waals surface area contributed by atoms with Crippen LogP contribution in [0.1, 0.15) is 16.8 Å². The van der Waals surface area contributed by atoms with E-state index in [4.69, 9.17) is 27.9 Å². The predicted molar refractivity (Wildman–Crippen MR) is 54.7 cm³/mol. The monoisotopic (exact) mass is 230 g/mol. The van der Waals surface area contributed by atoms with Crippen LogP contribution in [-0.4, -0.2) is 16.4 Å². The Balaban J connectivity index is 1.98. The van der Waals surface area contributed by atoms with Crippen molar-refractivity contribution in [2.45, 2.75) is 16.9 Å². The Labute approximate surface area is 91.8 Å². The lowest BCUT2D eigenvalue weighted by atomic mass is 10.2. The number of hydrogen-bond acceptors (Lipinski definition) is 2. The molecule has 0 radical (unpaired) electrons. The molecule has 1 aromatic carbocycles. The second-order valence-corrected chi connectivity index (χ2v) is 4.77. The molecule has 0 aliphatic heterocycles. The van der Waals surface area contributed by atoms with E-state index in [1.54, 1.807) is 24.3 Å². The second-order valence-electron chi connectivity index (χ2n) is 3.23. The van der Waals surface area contributed by atoms with E-state index in [1.807, 2.05) is 6.07 Å². The van der Waals surface area contributed by atoms with Crippen LogP contribution in [0.2, 0.25) is 0 Å². The van der Waals surface area contributed by atoms with Crippen LogP contribution < -0.4 is 0 Å². The number of carbonyl (C=O) groups is 1. The van der Waals surface area contributed by atoms with Gasteiger partial charge in [-0.3, -0.25) is 0 Å². The first-order valence-corrected chi connectivity index (χ1v) is 4.99. The minimum atomic E-state index is -0.871. The van der Waals surface area contributed by atoms with Gasteiger partial charge in [0.1, 0.15) is 6.10 Å². The molecule has 1 saturated carbocycles. The highest BCUT2D eigenvalue weighted by atomic mass is 35.5. The van der Waals surface area contributed by atoms with Crippen molar-refractivity contribution in [1.82, 2.24) is 0 Å². The number of hydrogen-bond donors (Lipinski definition) is 0. The van der Waals surface area contributed by atoms with E-state index >= 15 is 0 Å². The Bertz CT molecular complexity index is 348. The normalized spacial score (nSPS) is 22.9. The van der Waals surface area contributed by atoms with Crippen molar-refractivity contribution in [3.63, 3.8) is 0 Å². The molecular weight excluding hydrogens is 223 g/mol. The third-order valence-electron chi connectivity index (χ3n) is 2.03. The first-order chi connectivity index (χ1) is 6.59. The quantitative estimate of drug-likeness (QED) is 0.577. The highest BCUT2D eigenvalue weighted by Gasteiger charge is 2.55. The fourth-order valence-electron chi connectivity index (χ4n) is 1.09. The van der Waals surface area contributed by atoms with Crippen LogP contribution in [0.3, 0.4) is 0 Å². The van der Waals surface area contributed by atoms with Crippen LogP contribution in [0.25, 0.3) is 0 Å². The molecule has 0 heterocycles. The maximum atomic E-state index is 11.4. The van der Waals surface area contributed by atoms with E-state index in [-0.39, 0.29) is 12.1 Å². The molecule has 0 bridgehead atoms. The van der Waals surface area contributed by atoms with E-state index in [1.165, 1.54) is 0 Å². The van der Waals surface area contributed by atoms with Crippen LogP contribution in [0.4, 0.5) is 0 Å². The van der Waals surface area contributed by atoms with Crippen molar-refractivity contribution in [2.24, 2.45) is 0 Å². The van der Waals surface area contributed by atoms with Crippen LogP contribution in [0.15, 0.2) is 30.3 Å². The topological polar surface area (TPSA) is 26.3 Å². The zero-order valence-corrected chi connectivity index (χ0v) is 8.76. The molecule has 0 aromatic heterocycles. The number of ether oxygens (including phenoxy) is 1. The molecule has 1 aliphatic carbocycles. The molecule has 4 heteroatoms. The first-order valence-electron chi connectivity index (χ1n) is 4.23. The van der Waals surface area contributed by atoms with Crippen LogP contribution in [0.5, 0.6) is 0 Å². The number of esters is 1. The summed E-state index contributed by atoms with van der Waals surface area (Å²) in [5.74, 6) is -0.376. The summed E-state index contributed by atoms with van der Waals surface area (Å²) in [6, 6.07) is 8.77. The minimum Gasteiger partial charge on any atom is -0.455 e. The molecule has 1 aliphatic rings. The standard InChI is InChI=1S/C10H8Cl2O2/c11-10(12)6-8(10)14-9(13)7-4-2-1-3-5-7/h1-5,8H,6H2. The van der Waals surface area contributed by atoms with Crippen LogP contribution in [0, 0.1) is 0 Å². The highest BCUT2D eigenvalue weighted by molar-refractivity contribution is 6.51. The average molecular weight is 231 g/mol. The zero-order chi connectivity index (χ0) is 10.2. The molecule has 1 atom stereocenters. The van der Waals surface area contributed by atoms with Crippen LogP contribution in [-0.2, 0) is 4.74 Å². The van der Waals surface area contributed by atoms with Crippen molar-refractivity contribution < 1.29 is 9.53 Å². The lowest BCUT2D eigenvalue weighted by Crippen LogP contribution is -2.10. The van der Waals surface area contributed by atoms with Crippen molar-refractivity contribution in [3.05, 3.63) is 35.9 Å². The van der Waals surface area contributed by atoms with Gasteiger partial charge in [-0.15, -0.1) is 0 Å². The second kappa shape index (κ2) is 3.44. The molecule has 1 fully saturated rings. The molecular formula is C10H8Cl2O2. The SMILES string of the molecule is O=C(OC1CC1(Cl)Cl)c1ccccc1. The fourth-order valence-corrected chi connectivity index (χ4v) is 1.46. The van der Waals surface area contributed by atoms with Crippen LogP contribution >= 0.6 is 23.2 Å². The number of carbonyl (C=O) groups excluding carboxylic acids is 1. The van der Waals surface area contributed by atoms with Crippen molar-refractivity contribution >= 4 is 29.2 Å². The fraction of sp³-hybridized carbons (Fsp3) is 0.300. The molecule has 0 spiro atoms. The smallest absolute Gasteiger partial charge is 0.338 e. The zero-order valence-electron chi connectivity index (χ0n) is 7.24. The molecule has 2 rings (SSSR count). The maximum absolute atomic E-state index is 11.4. The minimum absolute atomic E-state index is 0.362. The number of rotatable bonds is 2. The molecule has 2 nitrogen and oxygen atoms in total. The van der Waals surface area contributed by atoms with Gasteiger partial charge in [0.15, 0.2) is 4.33 Å². The molecule has 1 aromatic rings. The van der Waals surface area contributed by atoms with E-state index in [2.05, 4.69) is 0 Å². The highest BCUT2D eigenvalue weighted by Crippen LogP contribution is 2.49. The lowest BCUT2D eigenvalue weighted by molar-refractivity contribution is 0.0468. The summed E-state index contributed by atoms with van der Waals surface area (Å²) >= 11 is 11.5. The summed E-state index contributed by atoms with van der Waals surface area (Å²) in [6.07, 6.45) is 0.146. The third kappa shape index (κ3) is 2.02. The van der Waals surface area contributed by atoms with Gasteiger partial charge in [0.05, 0.1) is 5.56 Å². The van der Waals surface area contributed by atoms with Gasteiger partial charge in [0, 0.05) is 6.42 Å². The van der Waals surface area contributed by atoms with Crippen molar-refractivity contribution in [3.8, 4) is 0 Å². The van der Waals surface area contributed by atoms with Gasteiger partial charge >= 0.3 is 5.97 Å². The molecule has 1 unspecified atom stereocenters. The number of benzene rings is 1. The maximum Gasteiger partial charge on any atom is 0.338 e. The number of halogens is 2. The molecule has 74 valence electrons. The summed E-state index contributed by atoms with van der Waals surface area (Å²) in [4.78, 5) is 11.4. The van der Waals surface area contributed by atoms with Gasteiger partial charge in [-0.25, -0.2) is 4.79 Å². The lowest BCUT2D eigenvalue weighted by Gasteiger charge is -2.03. The Morgan fingerprint density at radius 2 is 1.93 bits per heavy atom. The Morgan fingerprint density at radius 1 is 1.36 bits per heavy atom. The average Bonchev–Trinajstić information content (AvgIpc) is 2.75. The van der Waals surface area contributed by atoms with E-state index in [9.17, 15) is 4.79 Å². The van der Waals surface area contributed by atoms with Crippen molar-refractivity contribution in [2.75, 3.05) is 0 Å². The van der Waals surface area contributed by atoms with Gasteiger partial charge in [-0.05, 0) is 12.1 Å². The van der Waals surface area contributed by atoms with Gasteiger partial charge in [0.25, 0.3) is 0 Å². The third-order valence-corrected chi connectivity index (χ3v) is 2.82. The van der Waals surface area contributed by atoms with E-state index in [0.717, 1.165) is 0 Å². The number of alkyl halides is 2. The van der Waals surface area contributed by atoms with Gasteiger partial charge in [0.2, 0.25) is 0 Å². The van der Waals surface area contributed by atoms with E-state index < -0.39 is 4.33 Å². The van der Waals surface area contributed by atoms with Gasteiger partial charge in [-0.2, -0.15) is 0 Å².